The molecule has 0 aliphatic carbocycles. The summed E-state index contributed by atoms with van der Waals surface area (Å²) in [5.41, 5.74) is 1.67. The fraction of sp³-hybridized carbons (Fsp3) is 0.467. The molecule has 20 heavy (non-hydrogen) atoms. The Morgan fingerprint density at radius 3 is 2.70 bits per heavy atom. The van der Waals surface area contributed by atoms with Gasteiger partial charge >= 0.3 is 0 Å². The van der Waals surface area contributed by atoms with Crippen LogP contribution in [0.15, 0.2) is 22.0 Å². The fourth-order valence-electron chi connectivity index (χ4n) is 2.17. The van der Waals surface area contributed by atoms with Crippen LogP contribution in [0, 0.1) is 19.8 Å². The Labute approximate surface area is 123 Å². The van der Waals surface area contributed by atoms with E-state index in [0.717, 1.165) is 17.0 Å². The molecule has 1 atom stereocenters. The van der Waals surface area contributed by atoms with Gasteiger partial charge in [0.15, 0.2) is 0 Å². The molecule has 0 saturated heterocycles. The molecule has 0 aliphatic heterocycles. The SMILES string of the molecule is Cc1noc(C)c1CC(=O)N[C@H](c1cccs1)C(C)C. The highest BCUT2D eigenvalue weighted by Gasteiger charge is 2.21. The number of carbonyl (C=O) groups excluding carboxylic acids is 1. The summed E-state index contributed by atoms with van der Waals surface area (Å²) in [7, 11) is 0. The molecule has 0 saturated carbocycles. The molecule has 5 heteroatoms. The molecule has 0 fully saturated rings. The minimum atomic E-state index is 0.00602. The van der Waals surface area contributed by atoms with E-state index in [-0.39, 0.29) is 11.9 Å². The number of thiophene rings is 1. The Kier molecular flexibility index (Phi) is 4.60. The number of aryl methyl sites for hydroxylation is 2. The molecule has 4 nitrogen and oxygen atoms in total. The number of nitrogens with one attached hydrogen (secondary N) is 1. The van der Waals surface area contributed by atoms with Crippen molar-refractivity contribution in [3.8, 4) is 0 Å². The van der Waals surface area contributed by atoms with Crippen molar-refractivity contribution in [2.75, 3.05) is 0 Å². The first-order valence-corrected chi connectivity index (χ1v) is 7.61. The van der Waals surface area contributed by atoms with E-state index in [0.29, 0.717) is 12.3 Å². The molecule has 0 radical (unpaired) electrons. The van der Waals surface area contributed by atoms with Gasteiger partial charge in [0.25, 0.3) is 0 Å². The van der Waals surface area contributed by atoms with Crippen LogP contribution in [-0.2, 0) is 11.2 Å². The third-order valence-corrected chi connectivity index (χ3v) is 4.31. The van der Waals surface area contributed by atoms with Crippen LogP contribution in [0.1, 0.15) is 41.8 Å². The normalized spacial score (nSPS) is 12.7. The topological polar surface area (TPSA) is 55.1 Å². The predicted molar refractivity (Wildman–Crippen MR) is 79.7 cm³/mol. The highest BCUT2D eigenvalue weighted by Crippen LogP contribution is 2.26. The molecule has 0 aliphatic rings. The molecule has 0 unspecified atom stereocenters. The van der Waals surface area contributed by atoms with Gasteiger partial charge in [-0.05, 0) is 31.2 Å². The maximum atomic E-state index is 12.2. The van der Waals surface area contributed by atoms with Gasteiger partial charge in [0.05, 0.1) is 18.2 Å². The zero-order valence-corrected chi connectivity index (χ0v) is 13.1. The Bertz CT molecular complexity index is 553. The second-order valence-electron chi connectivity index (χ2n) is 5.28. The molecule has 108 valence electrons. The highest BCUT2D eigenvalue weighted by molar-refractivity contribution is 7.10. The molecule has 0 spiro atoms. The number of amides is 1. The van der Waals surface area contributed by atoms with Crippen molar-refractivity contribution in [2.45, 2.75) is 40.2 Å². The fourth-order valence-corrected chi connectivity index (χ4v) is 3.12. The average Bonchev–Trinajstić information content (AvgIpc) is 3.01. The lowest BCUT2D eigenvalue weighted by Gasteiger charge is -2.21. The molecule has 1 N–H and O–H groups in total. The van der Waals surface area contributed by atoms with E-state index in [1.54, 1.807) is 11.3 Å². The predicted octanol–water partition coefficient (Wildman–Crippen LogP) is 3.41. The quantitative estimate of drug-likeness (QED) is 0.918. The van der Waals surface area contributed by atoms with Crippen molar-refractivity contribution < 1.29 is 9.32 Å². The van der Waals surface area contributed by atoms with Crippen molar-refractivity contribution in [1.82, 2.24) is 10.5 Å². The standard InChI is InChI=1S/C15H20N2O2S/c1-9(2)15(13-6-5-7-20-13)16-14(18)8-12-10(3)17-19-11(12)4/h5-7,9,15H,8H2,1-4H3,(H,16,18)/t15-/m0/s1. The molecule has 2 heterocycles. The van der Waals surface area contributed by atoms with Gasteiger partial charge in [-0.2, -0.15) is 0 Å². The van der Waals surface area contributed by atoms with E-state index in [1.807, 2.05) is 25.3 Å². The number of rotatable bonds is 5. The van der Waals surface area contributed by atoms with Crippen LogP contribution < -0.4 is 5.32 Å². The van der Waals surface area contributed by atoms with Gasteiger partial charge in [-0.15, -0.1) is 11.3 Å². The summed E-state index contributed by atoms with van der Waals surface area (Å²) in [5.74, 6) is 1.07. The van der Waals surface area contributed by atoms with Crippen LogP contribution in [0.25, 0.3) is 0 Å². The van der Waals surface area contributed by atoms with Gasteiger partial charge in [-0.3, -0.25) is 4.79 Å². The summed E-state index contributed by atoms with van der Waals surface area (Å²) >= 11 is 1.67. The number of nitrogens with zero attached hydrogens (tertiary/aromatic N) is 1. The summed E-state index contributed by atoms with van der Waals surface area (Å²) in [6, 6.07) is 4.13. The first-order valence-electron chi connectivity index (χ1n) is 6.73. The van der Waals surface area contributed by atoms with Crippen molar-refractivity contribution in [2.24, 2.45) is 5.92 Å². The summed E-state index contributed by atoms with van der Waals surface area (Å²) in [5, 5.41) is 9.03. The summed E-state index contributed by atoms with van der Waals surface area (Å²) in [6.07, 6.45) is 0.315. The Balaban J connectivity index is 2.06. The van der Waals surface area contributed by atoms with Gasteiger partial charge < -0.3 is 9.84 Å². The lowest BCUT2D eigenvalue weighted by molar-refractivity contribution is -0.121. The number of hydrogen-bond acceptors (Lipinski definition) is 4. The van der Waals surface area contributed by atoms with Crippen LogP contribution in [0.4, 0.5) is 0 Å². The van der Waals surface area contributed by atoms with Gasteiger partial charge in [-0.25, -0.2) is 0 Å². The van der Waals surface area contributed by atoms with E-state index in [9.17, 15) is 4.79 Å². The van der Waals surface area contributed by atoms with Gasteiger partial charge in [0.2, 0.25) is 5.91 Å². The van der Waals surface area contributed by atoms with E-state index >= 15 is 0 Å². The molecule has 0 aromatic carbocycles. The number of carbonyl (C=O) groups is 1. The van der Waals surface area contributed by atoms with Crippen LogP contribution in [0.2, 0.25) is 0 Å². The number of aromatic nitrogens is 1. The molecule has 1 amide bonds. The Morgan fingerprint density at radius 2 is 2.20 bits per heavy atom. The monoisotopic (exact) mass is 292 g/mol. The molecular weight excluding hydrogens is 272 g/mol. The summed E-state index contributed by atoms with van der Waals surface area (Å²) in [4.78, 5) is 13.4. The zero-order valence-electron chi connectivity index (χ0n) is 12.3. The first-order chi connectivity index (χ1) is 9.49. The first kappa shape index (κ1) is 14.8. The van der Waals surface area contributed by atoms with E-state index in [2.05, 4.69) is 30.4 Å². The van der Waals surface area contributed by atoms with Crippen molar-refractivity contribution in [3.05, 3.63) is 39.4 Å². The van der Waals surface area contributed by atoms with Gasteiger partial charge in [-0.1, -0.05) is 25.1 Å². The third kappa shape index (κ3) is 3.28. The van der Waals surface area contributed by atoms with Gasteiger partial charge in [0, 0.05) is 10.4 Å². The van der Waals surface area contributed by atoms with Gasteiger partial charge in [0.1, 0.15) is 5.76 Å². The second-order valence-corrected chi connectivity index (χ2v) is 6.26. The minimum Gasteiger partial charge on any atom is -0.361 e. The van der Waals surface area contributed by atoms with E-state index in [4.69, 9.17) is 4.52 Å². The maximum absolute atomic E-state index is 12.2. The molecule has 2 rings (SSSR count). The van der Waals surface area contributed by atoms with E-state index in [1.165, 1.54) is 4.88 Å². The van der Waals surface area contributed by atoms with Crippen molar-refractivity contribution in [1.29, 1.82) is 0 Å². The lowest BCUT2D eigenvalue weighted by Crippen LogP contribution is -2.32. The lowest BCUT2D eigenvalue weighted by atomic mass is 10.0. The van der Waals surface area contributed by atoms with Crippen LogP contribution in [0.5, 0.6) is 0 Å². The van der Waals surface area contributed by atoms with Crippen molar-refractivity contribution in [3.63, 3.8) is 0 Å². The third-order valence-electron chi connectivity index (χ3n) is 3.35. The average molecular weight is 292 g/mol. The smallest absolute Gasteiger partial charge is 0.225 e. The number of hydrogen-bond donors (Lipinski definition) is 1. The van der Waals surface area contributed by atoms with Crippen LogP contribution >= 0.6 is 11.3 Å². The zero-order chi connectivity index (χ0) is 14.7. The molecule has 2 aromatic heterocycles. The summed E-state index contributed by atoms with van der Waals surface area (Å²) < 4.78 is 5.09. The molecular formula is C15H20N2O2S. The van der Waals surface area contributed by atoms with Crippen LogP contribution in [-0.4, -0.2) is 11.1 Å². The van der Waals surface area contributed by atoms with Crippen LogP contribution in [0.3, 0.4) is 0 Å². The maximum Gasteiger partial charge on any atom is 0.225 e. The Morgan fingerprint density at radius 1 is 1.45 bits per heavy atom. The second kappa shape index (κ2) is 6.22. The largest absolute Gasteiger partial charge is 0.361 e. The van der Waals surface area contributed by atoms with Crippen molar-refractivity contribution >= 4 is 17.2 Å². The van der Waals surface area contributed by atoms with E-state index < -0.39 is 0 Å². The highest BCUT2D eigenvalue weighted by atomic mass is 32.1. The Hall–Kier alpha value is -1.62. The minimum absolute atomic E-state index is 0.00602. The molecule has 0 bridgehead atoms. The summed E-state index contributed by atoms with van der Waals surface area (Å²) in [6.45, 7) is 7.92. The molecule has 2 aromatic rings.